The molecule has 0 spiro atoms. The summed E-state index contributed by atoms with van der Waals surface area (Å²) in [5.41, 5.74) is 0. The Kier molecular flexibility index (Phi) is 3.46. The molecule has 3 unspecified atom stereocenters. The molecule has 0 aliphatic carbocycles. The van der Waals surface area contributed by atoms with Crippen LogP contribution < -0.4 is 5.32 Å². The maximum absolute atomic E-state index is 5.47. The number of nitrogens with one attached hydrogen (secondary N) is 1. The summed E-state index contributed by atoms with van der Waals surface area (Å²) in [6, 6.07) is 0.824. The molecule has 0 aromatic rings. The number of ether oxygens (including phenoxy) is 1. The molecular weight excluding hydrogens is 200 g/mol. The Labute approximate surface area is 98.5 Å². The molecule has 0 amide bonds. The van der Waals surface area contributed by atoms with Crippen LogP contribution in [0.2, 0.25) is 0 Å². The van der Waals surface area contributed by atoms with E-state index in [1.54, 1.807) is 0 Å². The van der Waals surface area contributed by atoms with Crippen molar-refractivity contribution in [2.45, 2.75) is 31.7 Å². The Morgan fingerprint density at radius 3 is 3.12 bits per heavy atom. The predicted molar refractivity (Wildman–Crippen MR) is 64.5 cm³/mol. The average molecular weight is 224 g/mol. The predicted octanol–water partition coefficient (Wildman–Crippen LogP) is 1.10. The van der Waals surface area contributed by atoms with Crippen molar-refractivity contribution in [2.75, 3.05) is 39.4 Å². The Bertz CT molecular complexity index is 228. The zero-order chi connectivity index (χ0) is 10.8. The van der Waals surface area contributed by atoms with Gasteiger partial charge in [0.15, 0.2) is 0 Å². The molecule has 92 valence electrons. The summed E-state index contributed by atoms with van der Waals surface area (Å²) < 4.78 is 5.47. The van der Waals surface area contributed by atoms with Crippen LogP contribution in [-0.4, -0.2) is 50.3 Å². The van der Waals surface area contributed by atoms with Crippen molar-refractivity contribution in [2.24, 2.45) is 11.8 Å². The molecule has 0 aromatic heterocycles. The van der Waals surface area contributed by atoms with E-state index in [1.807, 2.05) is 0 Å². The molecule has 3 atom stereocenters. The SMILES string of the molecule is C1CNC2CCN(CC3CCOC3)CC2C1. The maximum atomic E-state index is 5.47. The van der Waals surface area contributed by atoms with E-state index in [4.69, 9.17) is 4.74 Å². The van der Waals surface area contributed by atoms with Crippen LogP contribution in [-0.2, 0) is 4.74 Å². The van der Waals surface area contributed by atoms with E-state index < -0.39 is 0 Å². The highest BCUT2D eigenvalue weighted by atomic mass is 16.5. The van der Waals surface area contributed by atoms with E-state index in [0.29, 0.717) is 0 Å². The largest absolute Gasteiger partial charge is 0.381 e. The second kappa shape index (κ2) is 5.03. The number of hydrogen-bond acceptors (Lipinski definition) is 3. The van der Waals surface area contributed by atoms with Crippen LogP contribution in [0.25, 0.3) is 0 Å². The molecule has 0 radical (unpaired) electrons. The van der Waals surface area contributed by atoms with Gasteiger partial charge < -0.3 is 15.0 Å². The number of likely N-dealkylation sites (tertiary alicyclic amines) is 1. The molecule has 0 aromatic carbocycles. The number of nitrogens with zero attached hydrogens (tertiary/aromatic N) is 1. The number of fused-ring (bicyclic) bond motifs is 1. The van der Waals surface area contributed by atoms with Crippen molar-refractivity contribution in [3.63, 3.8) is 0 Å². The Morgan fingerprint density at radius 2 is 2.25 bits per heavy atom. The van der Waals surface area contributed by atoms with Crippen molar-refractivity contribution in [3.05, 3.63) is 0 Å². The van der Waals surface area contributed by atoms with Gasteiger partial charge >= 0.3 is 0 Å². The second-order valence-corrected chi connectivity index (χ2v) is 5.74. The second-order valence-electron chi connectivity index (χ2n) is 5.74. The summed E-state index contributed by atoms with van der Waals surface area (Å²) >= 11 is 0. The number of piperidine rings is 2. The first-order chi connectivity index (χ1) is 7.92. The van der Waals surface area contributed by atoms with E-state index in [0.717, 1.165) is 31.1 Å². The van der Waals surface area contributed by atoms with Gasteiger partial charge in [-0.05, 0) is 50.6 Å². The third kappa shape index (κ3) is 2.41. The zero-order valence-corrected chi connectivity index (χ0v) is 10.2. The Hall–Kier alpha value is -0.120. The molecule has 3 heterocycles. The van der Waals surface area contributed by atoms with Crippen LogP contribution >= 0.6 is 0 Å². The van der Waals surface area contributed by atoms with E-state index in [9.17, 15) is 0 Å². The third-order valence-corrected chi connectivity index (χ3v) is 4.52. The third-order valence-electron chi connectivity index (χ3n) is 4.52. The lowest BCUT2D eigenvalue weighted by Crippen LogP contribution is -2.52. The molecule has 3 rings (SSSR count). The summed E-state index contributed by atoms with van der Waals surface area (Å²) in [4.78, 5) is 2.69. The molecular formula is C13H24N2O. The maximum Gasteiger partial charge on any atom is 0.0507 e. The summed E-state index contributed by atoms with van der Waals surface area (Å²) in [5.74, 6) is 1.73. The fraction of sp³-hybridized carbons (Fsp3) is 1.00. The minimum atomic E-state index is 0.813. The number of hydrogen-bond donors (Lipinski definition) is 1. The zero-order valence-electron chi connectivity index (χ0n) is 10.2. The van der Waals surface area contributed by atoms with Gasteiger partial charge in [0.05, 0.1) is 6.61 Å². The smallest absolute Gasteiger partial charge is 0.0507 e. The van der Waals surface area contributed by atoms with Gasteiger partial charge in [-0.2, -0.15) is 0 Å². The van der Waals surface area contributed by atoms with Crippen LogP contribution in [0.1, 0.15) is 25.7 Å². The first-order valence-electron chi connectivity index (χ1n) is 6.95. The van der Waals surface area contributed by atoms with Crippen molar-refractivity contribution >= 4 is 0 Å². The van der Waals surface area contributed by atoms with Gasteiger partial charge in [-0.1, -0.05) is 0 Å². The molecule has 0 bridgehead atoms. The summed E-state index contributed by atoms with van der Waals surface area (Å²) in [6.45, 7) is 7.15. The summed E-state index contributed by atoms with van der Waals surface area (Å²) in [5, 5.41) is 3.68. The first-order valence-corrected chi connectivity index (χ1v) is 6.95. The molecule has 0 saturated carbocycles. The molecule has 1 N–H and O–H groups in total. The standard InChI is InChI=1S/C13H24N2O/c1-2-12-9-15(6-3-13(12)14-5-1)8-11-4-7-16-10-11/h11-14H,1-10H2. The summed E-state index contributed by atoms with van der Waals surface area (Å²) in [6.07, 6.45) is 5.46. The van der Waals surface area contributed by atoms with Crippen LogP contribution in [0.3, 0.4) is 0 Å². The molecule has 3 saturated heterocycles. The van der Waals surface area contributed by atoms with Crippen LogP contribution in [0.4, 0.5) is 0 Å². The normalized spacial score (nSPS) is 40.9. The van der Waals surface area contributed by atoms with Crippen LogP contribution in [0.15, 0.2) is 0 Å². The molecule has 3 heteroatoms. The highest BCUT2D eigenvalue weighted by molar-refractivity contribution is 4.88. The van der Waals surface area contributed by atoms with E-state index in [2.05, 4.69) is 10.2 Å². The van der Waals surface area contributed by atoms with E-state index in [1.165, 1.54) is 51.9 Å². The minimum Gasteiger partial charge on any atom is -0.381 e. The quantitative estimate of drug-likeness (QED) is 0.760. The van der Waals surface area contributed by atoms with Crippen LogP contribution in [0.5, 0.6) is 0 Å². The van der Waals surface area contributed by atoms with E-state index >= 15 is 0 Å². The highest BCUT2D eigenvalue weighted by Gasteiger charge is 2.32. The minimum absolute atomic E-state index is 0.813. The molecule has 16 heavy (non-hydrogen) atoms. The fourth-order valence-electron chi connectivity index (χ4n) is 3.58. The van der Waals surface area contributed by atoms with E-state index in [-0.39, 0.29) is 0 Å². The monoisotopic (exact) mass is 224 g/mol. The number of rotatable bonds is 2. The highest BCUT2D eigenvalue weighted by Crippen LogP contribution is 2.26. The van der Waals surface area contributed by atoms with Gasteiger partial charge in [-0.3, -0.25) is 0 Å². The van der Waals surface area contributed by atoms with Crippen molar-refractivity contribution in [1.82, 2.24) is 10.2 Å². The molecule has 3 aliphatic heterocycles. The lowest BCUT2D eigenvalue weighted by Gasteiger charge is -2.42. The average Bonchev–Trinajstić information content (AvgIpc) is 2.82. The van der Waals surface area contributed by atoms with Gasteiger partial charge in [0.2, 0.25) is 0 Å². The van der Waals surface area contributed by atoms with Crippen molar-refractivity contribution in [3.8, 4) is 0 Å². The Morgan fingerprint density at radius 1 is 1.25 bits per heavy atom. The summed E-state index contributed by atoms with van der Waals surface area (Å²) in [7, 11) is 0. The molecule has 3 fully saturated rings. The van der Waals surface area contributed by atoms with Gasteiger partial charge in [0, 0.05) is 25.7 Å². The van der Waals surface area contributed by atoms with Crippen molar-refractivity contribution in [1.29, 1.82) is 0 Å². The van der Waals surface area contributed by atoms with Gasteiger partial charge in [0.25, 0.3) is 0 Å². The first kappa shape index (κ1) is 11.0. The van der Waals surface area contributed by atoms with Gasteiger partial charge in [-0.25, -0.2) is 0 Å². The molecule has 3 nitrogen and oxygen atoms in total. The Balaban J connectivity index is 1.50. The topological polar surface area (TPSA) is 24.5 Å². The van der Waals surface area contributed by atoms with Gasteiger partial charge in [0.1, 0.15) is 0 Å². The lowest BCUT2D eigenvalue weighted by molar-refractivity contribution is 0.0953. The van der Waals surface area contributed by atoms with Crippen LogP contribution in [0, 0.1) is 11.8 Å². The molecule has 3 aliphatic rings. The lowest BCUT2D eigenvalue weighted by atomic mass is 9.85. The fourth-order valence-corrected chi connectivity index (χ4v) is 3.58. The van der Waals surface area contributed by atoms with Gasteiger partial charge in [-0.15, -0.1) is 0 Å². The van der Waals surface area contributed by atoms with Crippen molar-refractivity contribution < 1.29 is 4.74 Å².